The van der Waals surface area contributed by atoms with Crippen molar-refractivity contribution in [2.75, 3.05) is 50.0 Å². The molecular formula is C26H33N5O2. The van der Waals surface area contributed by atoms with Crippen molar-refractivity contribution in [3.8, 4) is 0 Å². The second kappa shape index (κ2) is 9.51. The van der Waals surface area contributed by atoms with Crippen LogP contribution in [-0.4, -0.2) is 66.4 Å². The quantitative estimate of drug-likeness (QED) is 0.759. The number of carbonyl (C=O) groups is 2. The fourth-order valence-electron chi connectivity index (χ4n) is 4.88. The molecule has 2 aromatic rings. The van der Waals surface area contributed by atoms with Gasteiger partial charge in [0.15, 0.2) is 0 Å². The normalized spacial score (nSPS) is 21.7. The number of hydrogen-bond donors (Lipinski definition) is 1. The van der Waals surface area contributed by atoms with Gasteiger partial charge in [-0.15, -0.1) is 0 Å². The summed E-state index contributed by atoms with van der Waals surface area (Å²) < 4.78 is 0. The number of piperazine rings is 1. The fraction of sp³-hybridized carbons (Fsp3) is 0.500. The smallest absolute Gasteiger partial charge is 0.258 e. The first-order valence-electron chi connectivity index (χ1n) is 12.2. The molecule has 2 aliphatic heterocycles. The molecule has 3 heterocycles. The minimum absolute atomic E-state index is 0.000835. The van der Waals surface area contributed by atoms with Crippen molar-refractivity contribution < 1.29 is 9.59 Å². The van der Waals surface area contributed by atoms with E-state index in [1.54, 1.807) is 6.07 Å². The molecule has 5 rings (SSSR count). The highest BCUT2D eigenvalue weighted by molar-refractivity contribution is 6.00. The first-order chi connectivity index (χ1) is 16.1. The highest BCUT2D eigenvalue weighted by atomic mass is 16.2. The molecule has 1 N–H and O–H groups in total. The molecule has 0 spiro atoms. The Bertz CT molecular complexity index is 1000. The standard InChI is InChI=1S/C26H33N5O2/c1-29-16-17-31(22(18-29)19-8-4-2-5-9-19)26(33)21-12-13-23(28-25(32)20-10-11-20)27-24(21)30-14-6-3-7-15-30/h2,4-5,8-9,12-13,20,22H,3,6-7,10-11,14-18H2,1H3,(H,27,28,32). The summed E-state index contributed by atoms with van der Waals surface area (Å²) in [5.74, 6) is 1.42. The summed E-state index contributed by atoms with van der Waals surface area (Å²) in [7, 11) is 2.11. The molecule has 174 valence electrons. The van der Waals surface area contributed by atoms with Gasteiger partial charge in [-0.25, -0.2) is 4.98 Å². The number of nitrogens with one attached hydrogen (secondary N) is 1. The minimum Gasteiger partial charge on any atom is -0.356 e. The number of hydrogen-bond acceptors (Lipinski definition) is 5. The largest absolute Gasteiger partial charge is 0.356 e. The highest BCUT2D eigenvalue weighted by Crippen LogP contribution is 2.32. The van der Waals surface area contributed by atoms with Crippen molar-refractivity contribution in [1.82, 2.24) is 14.8 Å². The van der Waals surface area contributed by atoms with Crippen LogP contribution in [0.25, 0.3) is 0 Å². The van der Waals surface area contributed by atoms with E-state index in [1.807, 2.05) is 29.2 Å². The number of pyridine rings is 1. The van der Waals surface area contributed by atoms with Crippen molar-refractivity contribution >= 4 is 23.5 Å². The zero-order valence-electron chi connectivity index (χ0n) is 19.4. The van der Waals surface area contributed by atoms with Gasteiger partial charge in [-0.1, -0.05) is 30.3 Å². The molecular weight excluding hydrogens is 414 g/mol. The Morgan fingerprint density at radius 2 is 1.70 bits per heavy atom. The maximum atomic E-state index is 14.0. The lowest BCUT2D eigenvalue weighted by atomic mass is 10.0. The molecule has 3 fully saturated rings. The molecule has 33 heavy (non-hydrogen) atoms. The summed E-state index contributed by atoms with van der Waals surface area (Å²) in [6.45, 7) is 4.10. The van der Waals surface area contributed by atoms with Crippen molar-refractivity contribution in [2.24, 2.45) is 5.92 Å². The Hall–Kier alpha value is -2.93. The molecule has 1 aliphatic carbocycles. The number of aromatic nitrogens is 1. The predicted molar refractivity (Wildman–Crippen MR) is 129 cm³/mol. The van der Waals surface area contributed by atoms with Crippen molar-refractivity contribution in [1.29, 1.82) is 0 Å². The van der Waals surface area contributed by atoms with E-state index < -0.39 is 0 Å². The Morgan fingerprint density at radius 3 is 2.42 bits per heavy atom. The van der Waals surface area contributed by atoms with E-state index in [1.165, 1.54) is 6.42 Å². The third kappa shape index (κ3) is 4.88. The van der Waals surface area contributed by atoms with Gasteiger partial charge in [0, 0.05) is 38.6 Å². The molecule has 1 aromatic carbocycles. The van der Waals surface area contributed by atoms with Crippen LogP contribution in [0.5, 0.6) is 0 Å². The third-order valence-electron chi connectivity index (χ3n) is 6.99. The van der Waals surface area contributed by atoms with E-state index in [-0.39, 0.29) is 23.8 Å². The minimum atomic E-state index is 0.000835. The zero-order chi connectivity index (χ0) is 22.8. The molecule has 3 aliphatic rings. The fourth-order valence-corrected chi connectivity index (χ4v) is 4.88. The predicted octanol–water partition coefficient (Wildman–Crippen LogP) is 3.55. The molecule has 7 nitrogen and oxygen atoms in total. The number of nitrogens with zero attached hydrogens (tertiary/aromatic N) is 4. The van der Waals surface area contributed by atoms with Gasteiger partial charge in [-0.2, -0.15) is 0 Å². The van der Waals surface area contributed by atoms with Gasteiger partial charge in [-0.05, 0) is 56.8 Å². The summed E-state index contributed by atoms with van der Waals surface area (Å²) in [4.78, 5) is 37.6. The monoisotopic (exact) mass is 447 g/mol. The van der Waals surface area contributed by atoms with Crippen LogP contribution in [0.15, 0.2) is 42.5 Å². The lowest BCUT2D eigenvalue weighted by Gasteiger charge is -2.41. The number of benzene rings is 1. The van der Waals surface area contributed by atoms with Crippen LogP contribution in [0, 0.1) is 5.92 Å². The number of anilines is 2. The molecule has 0 radical (unpaired) electrons. The number of rotatable bonds is 5. The van der Waals surface area contributed by atoms with Gasteiger partial charge in [0.2, 0.25) is 5.91 Å². The van der Waals surface area contributed by atoms with Gasteiger partial charge in [0.05, 0.1) is 11.6 Å². The van der Waals surface area contributed by atoms with Gasteiger partial charge >= 0.3 is 0 Å². The molecule has 1 aromatic heterocycles. The van der Waals surface area contributed by atoms with E-state index in [4.69, 9.17) is 4.98 Å². The number of amides is 2. The number of likely N-dealkylation sites (N-methyl/N-ethyl adjacent to an activating group) is 1. The Labute approximate surface area is 195 Å². The third-order valence-corrected chi connectivity index (χ3v) is 6.99. The Kier molecular flexibility index (Phi) is 6.31. The summed E-state index contributed by atoms with van der Waals surface area (Å²) >= 11 is 0. The maximum Gasteiger partial charge on any atom is 0.258 e. The zero-order valence-corrected chi connectivity index (χ0v) is 19.4. The van der Waals surface area contributed by atoms with Gasteiger partial charge in [0.1, 0.15) is 11.6 Å². The van der Waals surface area contributed by atoms with Crippen LogP contribution < -0.4 is 10.2 Å². The highest BCUT2D eigenvalue weighted by Gasteiger charge is 2.34. The van der Waals surface area contributed by atoms with Crippen LogP contribution in [0.4, 0.5) is 11.6 Å². The summed E-state index contributed by atoms with van der Waals surface area (Å²) in [5, 5.41) is 2.96. The Balaban J connectivity index is 1.46. The second-order valence-electron chi connectivity index (χ2n) is 9.57. The second-order valence-corrected chi connectivity index (χ2v) is 9.57. The van der Waals surface area contributed by atoms with Crippen LogP contribution in [0.1, 0.15) is 54.1 Å². The van der Waals surface area contributed by atoms with Gasteiger partial charge in [0.25, 0.3) is 5.91 Å². The molecule has 0 bridgehead atoms. The molecule has 7 heteroatoms. The van der Waals surface area contributed by atoms with Gasteiger partial charge < -0.3 is 20.0 Å². The first kappa shape index (κ1) is 21.9. The SMILES string of the molecule is CN1CCN(C(=O)c2ccc(NC(=O)C3CC3)nc2N2CCCCC2)C(c2ccccc2)C1. The molecule has 2 amide bonds. The lowest BCUT2D eigenvalue weighted by Crippen LogP contribution is -2.49. The summed E-state index contributed by atoms with van der Waals surface area (Å²) in [6, 6.07) is 13.9. The first-order valence-corrected chi connectivity index (χ1v) is 12.2. The molecule has 2 saturated heterocycles. The van der Waals surface area contributed by atoms with Crippen molar-refractivity contribution in [3.05, 3.63) is 53.6 Å². The number of piperidine rings is 1. The summed E-state index contributed by atoms with van der Waals surface area (Å²) in [5.41, 5.74) is 1.78. The molecule has 1 atom stereocenters. The van der Waals surface area contributed by atoms with E-state index in [0.29, 0.717) is 23.7 Å². The topological polar surface area (TPSA) is 68.8 Å². The maximum absolute atomic E-state index is 14.0. The van der Waals surface area contributed by atoms with E-state index >= 15 is 0 Å². The van der Waals surface area contributed by atoms with E-state index in [0.717, 1.165) is 57.4 Å². The number of carbonyl (C=O) groups excluding carboxylic acids is 2. The van der Waals surface area contributed by atoms with Crippen LogP contribution in [0.2, 0.25) is 0 Å². The van der Waals surface area contributed by atoms with Crippen LogP contribution >= 0.6 is 0 Å². The van der Waals surface area contributed by atoms with Gasteiger partial charge in [-0.3, -0.25) is 9.59 Å². The van der Waals surface area contributed by atoms with Crippen molar-refractivity contribution in [2.45, 2.75) is 38.1 Å². The molecule has 1 unspecified atom stereocenters. The average molecular weight is 448 g/mol. The van der Waals surface area contributed by atoms with E-state index in [9.17, 15) is 9.59 Å². The summed E-state index contributed by atoms with van der Waals surface area (Å²) in [6.07, 6.45) is 5.29. The lowest BCUT2D eigenvalue weighted by molar-refractivity contribution is -0.117. The average Bonchev–Trinajstić information content (AvgIpc) is 3.70. The van der Waals surface area contributed by atoms with Crippen molar-refractivity contribution in [3.63, 3.8) is 0 Å². The van der Waals surface area contributed by atoms with Crippen LogP contribution in [0.3, 0.4) is 0 Å². The Morgan fingerprint density at radius 1 is 0.939 bits per heavy atom. The molecule has 1 saturated carbocycles. The van der Waals surface area contributed by atoms with E-state index in [2.05, 4.69) is 34.3 Å². The van der Waals surface area contributed by atoms with Crippen LogP contribution in [-0.2, 0) is 4.79 Å².